The van der Waals surface area contributed by atoms with E-state index in [9.17, 15) is 22.8 Å². The van der Waals surface area contributed by atoms with Crippen LogP contribution in [0.4, 0.5) is 13.2 Å². The number of alkyl halides is 3. The molecular weight excluding hydrogens is 513 g/mol. The van der Waals surface area contributed by atoms with Crippen LogP contribution in [0.2, 0.25) is 0 Å². The van der Waals surface area contributed by atoms with Gasteiger partial charge in [-0.2, -0.15) is 13.2 Å². The molecule has 1 aliphatic heterocycles. The summed E-state index contributed by atoms with van der Waals surface area (Å²) in [4.78, 5) is 22.3. The molecule has 0 N–H and O–H groups in total. The van der Waals surface area contributed by atoms with Gasteiger partial charge in [-0.3, -0.25) is 9.59 Å². The summed E-state index contributed by atoms with van der Waals surface area (Å²) in [6, 6.07) is 14.6. The Balaban J connectivity index is 1.38. The van der Waals surface area contributed by atoms with Crippen LogP contribution in [-0.4, -0.2) is 25.2 Å². The van der Waals surface area contributed by atoms with Crippen molar-refractivity contribution in [2.75, 3.05) is 13.2 Å². The van der Waals surface area contributed by atoms with Gasteiger partial charge in [-0.05, 0) is 65.8 Å². The van der Waals surface area contributed by atoms with Gasteiger partial charge in [0.15, 0.2) is 0 Å². The molecule has 204 valence electrons. The summed E-state index contributed by atoms with van der Waals surface area (Å²) in [6.07, 6.45) is -3.81. The smallest absolute Gasteiger partial charge is 0.416 e. The molecule has 0 radical (unpaired) electrons. The summed E-state index contributed by atoms with van der Waals surface area (Å²) in [5.41, 5.74) is 2.56. The lowest BCUT2D eigenvalue weighted by Crippen LogP contribution is -2.13. The first-order chi connectivity index (χ1) is 18.6. The molecule has 1 aliphatic carbocycles. The lowest BCUT2D eigenvalue weighted by Gasteiger charge is -2.20. The molecule has 0 amide bonds. The third-order valence-electron chi connectivity index (χ3n) is 6.97. The lowest BCUT2D eigenvalue weighted by molar-refractivity contribution is -0.141. The van der Waals surface area contributed by atoms with Crippen LogP contribution in [0.25, 0.3) is 0 Å². The molecule has 0 aromatic heterocycles. The molecule has 0 fully saturated rings. The van der Waals surface area contributed by atoms with E-state index in [-0.39, 0.29) is 30.5 Å². The number of ether oxygens (including phenoxy) is 4. The van der Waals surface area contributed by atoms with Crippen molar-refractivity contribution in [1.82, 2.24) is 0 Å². The molecule has 6 nitrogen and oxygen atoms in total. The Hall–Kier alpha value is -4.01. The van der Waals surface area contributed by atoms with E-state index < -0.39 is 23.8 Å². The fourth-order valence-corrected chi connectivity index (χ4v) is 5.22. The molecule has 0 saturated heterocycles. The van der Waals surface area contributed by atoms with E-state index in [0.29, 0.717) is 47.8 Å². The zero-order valence-electron chi connectivity index (χ0n) is 21.5. The van der Waals surface area contributed by atoms with Crippen molar-refractivity contribution in [3.63, 3.8) is 0 Å². The molecule has 9 heteroatoms. The minimum absolute atomic E-state index is 0.0587. The molecule has 0 bridgehead atoms. The van der Waals surface area contributed by atoms with Gasteiger partial charge < -0.3 is 18.9 Å². The van der Waals surface area contributed by atoms with Crippen molar-refractivity contribution < 1.29 is 41.7 Å². The van der Waals surface area contributed by atoms with Crippen LogP contribution >= 0.6 is 0 Å². The summed E-state index contributed by atoms with van der Waals surface area (Å²) in [5.74, 6) is 0.665. The number of hydrogen-bond acceptors (Lipinski definition) is 6. The molecule has 0 spiro atoms. The number of carbonyl (C=O) groups is 2. The molecule has 3 aromatic rings. The van der Waals surface area contributed by atoms with Gasteiger partial charge in [0.1, 0.15) is 30.0 Å². The van der Waals surface area contributed by atoms with Crippen molar-refractivity contribution >= 4 is 11.9 Å². The highest BCUT2D eigenvalue weighted by Crippen LogP contribution is 2.44. The Morgan fingerprint density at radius 1 is 0.949 bits per heavy atom. The van der Waals surface area contributed by atoms with Crippen LogP contribution < -0.4 is 14.2 Å². The van der Waals surface area contributed by atoms with Crippen molar-refractivity contribution in [2.24, 2.45) is 0 Å². The summed E-state index contributed by atoms with van der Waals surface area (Å²) < 4.78 is 64.2. The fraction of sp³-hybridized carbons (Fsp3) is 0.333. The van der Waals surface area contributed by atoms with E-state index >= 15 is 0 Å². The highest BCUT2D eigenvalue weighted by molar-refractivity contribution is 5.69. The maximum absolute atomic E-state index is 14.0. The van der Waals surface area contributed by atoms with E-state index in [2.05, 4.69) is 0 Å². The van der Waals surface area contributed by atoms with Crippen molar-refractivity contribution in [2.45, 2.75) is 51.3 Å². The zero-order chi connectivity index (χ0) is 27.7. The van der Waals surface area contributed by atoms with E-state index in [1.54, 1.807) is 30.3 Å². The minimum atomic E-state index is -4.50. The Morgan fingerprint density at radius 3 is 2.36 bits per heavy atom. The standard InChI is InChI=1S/C30H27F3O6/c1-17(34)36-15-20-16-37-29-14-22(7-8-23(20)29)39-28-12-10-24-25(28)9-11-27(30(31,32)33)26(24)13-19-3-5-21(6-4-19)38-18(2)35/h3-9,11,14,20,28H,10,12-13,15-16H2,1-2H3/t20-,28-/m1/s1. The molecule has 0 saturated carbocycles. The summed E-state index contributed by atoms with van der Waals surface area (Å²) >= 11 is 0. The Kier molecular flexibility index (Phi) is 7.25. The normalized spacial score (nSPS) is 17.7. The predicted molar refractivity (Wildman–Crippen MR) is 135 cm³/mol. The maximum Gasteiger partial charge on any atom is 0.416 e. The molecule has 3 aromatic carbocycles. The molecule has 39 heavy (non-hydrogen) atoms. The predicted octanol–water partition coefficient (Wildman–Crippen LogP) is 6.33. The van der Waals surface area contributed by atoms with Crippen LogP contribution in [0.15, 0.2) is 54.6 Å². The zero-order valence-corrected chi connectivity index (χ0v) is 21.5. The first-order valence-electron chi connectivity index (χ1n) is 12.6. The van der Waals surface area contributed by atoms with Gasteiger partial charge >= 0.3 is 18.1 Å². The quantitative estimate of drug-likeness (QED) is 0.258. The second kappa shape index (κ2) is 10.6. The van der Waals surface area contributed by atoms with Crippen LogP contribution in [0, 0.1) is 0 Å². The van der Waals surface area contributed by atoms with Gasteiger partial charge in [0.25, 0.3) is 0 Å². The Labute approximate surface area is 223 Å². The van der Waals surface area contributed by atoms with Gasteiger partial charge in [0, 0.05) is 25.5 Å². The Bertz CT molecular complexity index is 1400. The van der Waals surface area contributed by atoms with Gasteiger partial charge in [-0.25, -0.2) is 0 Å². The molecular formula is C30H27F3O6. The molecule has 2 atom stereocenters. The molecule has 0 unspecified atom stereocenters. The summed E-state index contributed by atoms with van der Waals surface area (Å²) in [7, 11) is 0. The van der Waals surface area contributed by atoms with Crippen LogP contribution in [-0.2, 0) is 33.3 Å². The molecule has 1 heterocycles. The third kappa shape index (κ3) is 5.87. The average Bonchev–Trinajstić information content (AvgIpc) is 3.47. The molecule has 5 rings (SSSR count). The number of hydrogen-bond donors (Lipinski definition) is 0. The van der Waals surface area contributed by atoms with Crippen LogP contribution in [0.1, 0.15) is 65.7 Å². The molecule has 2 aliphatic rings. The van der Waals surface area contributed by atoms with Gasteiger partial charge in [-0.1, -0.05) is 24.3 Å². The number of fused-ring (bicyclic) bond motifs is 2. The number of esters is 2. The topological polar surface area (TPSA) is 71.1 Å². The first kappa shape index (κ1) is 26.6. The highest BCUT2D eigenvalue weighted by Gasteiger charge is 2.37. The van der Waals surface area contributed by atoms with Crippen LogP contribution in [0.5, 0.6) is 17.2 Å². The largest absolute Gasteiger partial charge is 0.492 e. The van der Waals surface area contributed by atoms with Crippen LogP contribution in [0.3, 0.4) is 0 Å². The summed E-state index contributed by atoms with van der Waals surface area (Å²) in [6.45, 7) is 3.27. The van der Waals surface area contributed by atoms with E-state index in [0.717, 1.165) is 17.2 Å². The van der Waals surface area contributed by atoms with Gasteiger partial charge in [0.05, 0.1) is 18.1 Å². The first-order valence-corrected chi connectivity index (χ1v) is 12.6. The average molecular weight is 541 g/mol. The maximum atomic E-state index is 14.0. The lowest BCUT2D eigenvalue weighted by atomic mass is 9.92. The minimum Gasteiger partial charge on any atom is -0.492 e. The van der Waals surface area contributed by atoms with Crippen molar-refractivity contribution in [1.29, 1.82) is 0 Å². The van der Waals surface area contributed by atoms with Crippen molar-refractivity contribution in [3.8, 4) is 17.2 Å². The number of rotatable bonds is 7. The SMILES string of the molecule is CC(=O)OC[C@@H]1COc2cc(O[C@@H]3CCc4c3ccc(C(F)(F)F)c4Cc3ccc(OC(C)=O)cc3)ccc21. The monoisotopic (exact) mass is 540 g/mol. The van der Waals surface area contributed by atoms with E-state index in [1.807, 2.05) is 12.1 Å². The van der Waals surface area contributed by atoms with E-state index in [4.69, 9.17) is 18.9 Å². The number of benzene rings is 3. The second-order valence-corrected chi connectivity index (χ2v) is 9.73. The number of carbonyl (C=O) groups excluding carboxylic acids is 2. The van der Waals surface area contributed by atoms with Crippen molar-refractivity contribution in [3.05, 3.63) is 88.0 Å². The second-order valence-electron chi connectivity index (χ2n) is 9.73. The third-order valence-corrected chi connectivity index (χ3v) is 6.97. The van der Waals surface area contributed by atoms with E-state index in [1.165, 1.54) is 19.9 Å². The van der Waals surface area contributed by atoms with Gasteiger partial charge in [0.2, 0.25) is 0 Å². The van der Waals surface area contributed by atoms with Gasteiger partial charge in [-0.15, -0.1) is 0 Å². The number of halogens is 3. The summed E-state index contributed by atoms with van der Waals surface area (Å²) in [5, 5.41) is 0. The Morgan fingerprint density at radius 2 is 1.67 bits per heavy atom. The fourth-order valence-electron chi connectivity index (χ4n) is 5.22. The highest BCUT2D eigenvalue weighted by atomic mass is 19.4.